The first kappa shape index (κ1) is 12.0. The second-order valence-corrected chi connectivity index (χ2v) is 4.29. The number of hydrogen-bond donors (Lipinski definition) is 2. The lowest BCUT2D eigenvalue weighted by atomic mass is 10.0. The van der Waals surface area contributed by atoms with Crippen LogP contribution in [0.1, 0.15) is 19.3 Å². The Morgan fingerprint density at radius 1 is 1.53 bits per heavy atom. The molecule has 1 aromatic rings. The van der Waals surface area contributed by atoms with E-state index in [2.05, 4.69) is 9.88 Å². The Morgan fingerprint density at radius 3 is 3.06 bits per heavy atom. The minimum Gasteiger partial charge on any atom is -0.479 e. The number of pyridine rings is 1. The van der Waals surface area contributed by atoms with E-state index in [1.165, 1.54) is 0 Å². The number of rotatable bonds is 3. The average molecular weight is 237 g/mol. The molecule has 0 aliphatic carbocycles. The summed E-state index contributed by atoms with van der Waals surface area (Å²) in [7, 11) is 1.56. The van der Waals surface area contributed by atoms with E-state index in [0.29, 0.717) is 11.6 Å². The number of methoxy groups -OCH3 is 1. The van der Waals surface area contributed by atoms with E-state index in [-0.39, 0.29) is 12.6 Å². The predicted octanol–water partition coefficient (Wildman–Crippen LogP) is 1.02. The average Bonchev–Trinajstić information content (AvgIpc) is 2.39. The molecule has 1 saturated heterocycles. The lowest BCUT2D eigenvalue weighted by Crippen LogP contribution is -2.42. The molecular formula is C12H19N3O2. The molecule has 17 heavy (non-hydrogen) atoms. The van der Waals surface area contributed by atoms with Gasteiger partial charge in [0.15, 0.2) is 0 Å². The summed E-state index contributed by atoms with van der Waals surface area (Å²) in [5.41, 5.74) is 6.28. The van der Waals surface area contributed by atoms with Gasteiger partial charge in [-0.05, 0) is 31.4 Å². The number of nitrogens with zero attached hydrogens (tertiary/aromatic N) is 2. The van der Waals surface area contributed by atoms with E-state index in [4.69, 9.17) is 10.5 Å². The van der Waals surface area contributed by atoms with Crippen molar-refractivity contribution in [3.05, 3.63) is 12.1 Å². The van der Waals surface area contributed by atoms with Gasteiger partial charge in [-0.2, -0.15) is 4.98 Å². The summed E-state index contributed by atoms with van der Waals surface area (Å²) < 4.78 is 5.12. The highest BCUT2D eigenvalue weighted by atomic mass is 16.5. The second kappa shape index (κ2) is 5.23. The fourth-order valence-corrected chi connectivity index (χ4v) is 2.26. The molecule has 5 nitrogen and oxygen atoms in total. The number of ether oxygens (including phenoxy) is 1. The van der Waals surface area contributed by atoms with Crippen LogP contribution >= 0.6 is 0 Å². The van der Waals surface area contributed by atoms with Crippen molar-refractivity contribution in [3.63, 3.8) is 0 Å². The summed E-state index contributed by atoms with van der Waals surface area (Å²) >= 11 is 0. The molecule has 0 bridgehead atoms. The number of piperidine rings is 1. The predicted molar refractivity (Wildman–Crippen MR) is 67.3 cm³/mol. The number of anilines is 2. The van der Waals surface area contributed by atoms with E-state index in [0.717, 1.165) is 31.6 Å². The van der Waals surface area contributed by atoms with Crippen LogP contribution in [0, 0.1) is 0 Å². The maximum Gasteiger partial charge on any atom is 0.238 e. The van der Waals surface area contributed by atoms with Crippen molar-refractivity contribution in [2.24, 2.45) is 0 Å². The molecule has 0 spiro atoms. The number of nitrogens with two attached hydrogens (primary N) is 1. The van der Waals surface area contributed by atoms with Crippen LogP contribution in [0.3, 0.4) is 0 Å². The van der Waals surface area contributed by atoms with Crippen molar-refractivity contribution in [3.8, 4) is 5.88 Å². The van der Waals surface area contributed by atoms with E-state index in [9.17, 15) is 5.11 Å². The molecule has 0 radical (unpaired) electrons. The van der Waals surface area contributed by atoms with Crippen molar-refractivity contribution >= 4 is 11.5 Å². The molecule has 94 valence electrons. The Labute approximate surface area is 101 Å². The second-order valence-electron chi connectivity index (χ2n) is 4.29. The Hall–Kier alpha value is -1.49. The van der Waals surface area contributed by atoms with Gasteiger partial charge in [0.1, 0.15) is 5.82 Å². The Bertz CT molecular complexity index is 384. The fourth-order valence-electron chi connectivity index (χ4n) is 2.26. The molecule has 2 heterocycles. The van der Waals surface area contributed by atoms with Gasteiger partial charge in [-0.25, -0.2) is 0 Å². The van der Waals surface area contributed by atoms with Gasteiger partial charge < -0.3 is 20.5 Å². The van der Waals surface area contributed by atoms with Crippen LogP contribution in [0.25, 0.3) is 0 Å². The zero-order valence-corrected chi connectivity index (χ0v) is 10.1. The molecule has 1 atom stereocenters. The first-order valence-electron chi connectivity index (χ1n) is 5.94. The molecule has 0 amide bonds. The monoisotopic (exact) mass is 237 g/mol. The van der Waals surface area contributed by atoms with Crippen LogP contribution in [0.4, 0.5) is 11.5 Å². The first-order chi connectivity index (χ1) is 8.26. The normalized spacial score (nSPS) is 20.4. The molecule has 2 rings (SSSR count). The molecule has 5 heteroatoms. The van der Waals surface area contributed by atoms with E-state index >= 15 is 0 Å². The largest absolute Gasteiger partial charge is 0.479 e. The summed E-state index contributed by atoms with van der Waals surface area (Å²) in [6, 6.07) is 3.83. The summed E-state index contributed by atoms with van der Waals surface area (Å²) in [5, 5.41) is 9.38. The highest BCUT2D eigenvalue weighted by Gasteiger charge is 2.23. The molecular weight excluding hydrogens is 218 g/mol. The van der Waals surface area contributed by atoms with Crippen LogP contribution in [0.5, 0.6) is 5.88 Å². The summed E-state index contributed by atoms with van der Waals surface area (Å²) in [4.78, 5) is 6.51. The van der Waals surface area contributed by atoms with Gasteiger partial charge in [0.25, 0.3) is 0 Å². The number of aromatic nitrogens is 1. The van der Waals surface area contributed by atoms with Gasteiger partial charge in [0.05, 0.1) is 25.4 Å². The first-order valence-corrected chi connectivity index (χ1v) is 5.94. The number of hydrogen-bond acceptors (Lipinski definition) is 5. The highest BCUT2D eigenvalue weighted by molar-refractivity contribution is 5.55. The minimum atomic E-state index is 0.157. The van der Waals surface area contributed by atoms with E-state index in [1.807, 2.05) is 6.07 Å². The molecule has 1 aromatic heterocycles. The lowest BCUT2D eigenvalue weighted by molar-refractivity contribution is 0.239. The third-order valence-electron chi connectivity index (χ3n) is 3.20. The minimum absolute atomic E-state index is 0.157. The van der Waals surface area contributed by atoms with Gasteiger partial charge in [-0.1, -0.05) is 0 Å². The van der Waals surface area contributed by atoms with E-state index < -0.39 is 0 Å². The molecule has 0 aromatic carbocycles. The van der Waals surface area contributed by atoms with Crippen LogP contribution in [0.2, 0.25) is 0 Å². The number of nitrogen functional groups attached to an aromatic ring is 1. The molecule has 1 aliphatic heterocycles. The molecule has 1 aliphatic rings. The molecule has 3 N–H and O–H groups in total. The van der Waals surface area contributed by atoms with Gasteiger partial charge in [0.2, 0.25) is 5.88 Å². The standard InChI is InChI=1S/C12H19N3O2/c1-17-12-10(13)5-6-11(14-12)15-7-3-2-4-9(15)8-16/h5-6,9,16H,2-4,7-8,13H2,1H3. The van der Waals surface area contributed by atoms with E-state index in [1.54, 1.807) is 13.2 Å². The van der Waals surface area contributed by atoms with Gasteiger partial charge >= 0.3 is 0 Å². The summed E-state index contributed by atoms with van der Waals surface area (Å²) in [5.74, 6) is 1.28. The Balaban J connectivity index is 2.25. The third-order valence-corrected chi connectivity index (χ3v) is 3.20. The van der Waals surface area contributed by atoms with Crippen molar-refractivity contribution in [1.82, 2.24) is 4.98 Å². The Morgan fingerprint density at radius 2 is 2.35 bits per heavy atom. The van der Waals surface area contributed by atoms with Gasteiger partial charge in [-0.3, -0.25) is 0 Å². The SMILES string of the molecule is COc1nc(N2CCCCC2CO)ccc1N. The van der Waals surface area contributed by atoms with Crippen LogP contribution in [-0.4, -0.2) is 36.4 Å². The Kier molecular flexibility index (Phi) is 3.68. The van der Waals surface area contributed by atoms with Crippen molar-refractivity contribution < 1.29 is 9.84 Å². The van der Waals surface area contributed by atoms with Crippen molar-refractivity contribution in [1.29, 1.82) is 0 Å². The smallest absolute Gasteiger partial charge is 0.238 e. The van der Waals surface area contributed by atoms with Gasteiger partial charge in [-0.15, -0.1) is 0 Å². The number of aliphatic hydroxyl groups is 1. The van der Waals surface area contributed by atoms with Crippen LogP contribution in [-0.2, 0) is 0 Å². The molecule has 0 saturated carbocycles. The van der Waals surface area contributed by atoms with Crippen LogP contribution < -0.4 is 15.4 Å². The quantitative estimate of drug-likeness (QED) is 0.821. The fraction of sp³-hybridized carbons (Fsp3) is 0.583. The topological polar surface area (TPSA) is 71.6 Å². The highest BCUT2D eigenvalue weighted by Crippen LogP contribution is 2.27. The summed E-state index contributed by atoms with van der Waals surface area (Å²) in [6.07, 6.45) is 3.30. The zero-order chi connectivity index (χ0) is 12.3. The van der Waals surface area contributed by atoms with Crippen molar-refractivity contribution in [2.75, 3.05) is 30.9 Å². The zero-order valence-electron chi connectivity index (χ0n) is 10.1. The maximum absolute atomic E-state index is 9.38. The summed E-state index contributed by atoms with van der Waals surface area (Å²) in [6.45, 7) is 1.08. The van der Waals surface area contributed by atoms with Crippen molar-refractivity contribution in [2.45, 2.75) is 25.3 Å². The lowest BCUT2D eigenvalue weighted by Gasteiger charge is -2.35. The van der Waals surface area contributed by atoms with Gasteiger partial charge in [0, 0.05) is 6.54 Å². The maximum atomic E-state index is 9.38. The van der Waals surface area contributed by atoms with Crippen LogP contribution in [0.15, 0.2) is 12.1 Å². The number of aliphatic hydroxyl groups excluding tert-OH is 1. The molecule has 1 unspecified atom stereocenters. The molecule has 1 fully saturated rings. The third kappa shape index (κ3) is 2.44.